The molecule has 0 atom stereocenters. The van der Waals surface area contributed by atoms with E-state index in [2.05, 4.69) is 205 Å². The summed E-state index contributed by atoms with van der Waals surface area (Å²) in [5.41, 5.74) is 9.35. The van der Waals surface area contributed by atoms with E-state index in [0.717, 1.165) is 73.1 Å². The number of hydrogen-bond acceptors (Lipinski definition) is 4. The highest BCUT2D eigenvalue weighted by Gasteiger charge is 2.53. The fourth-order valence-electron chi connectivity index (χ4n) is 9.44. The van der Waals surface area contributed by atoms with E-state index in [0.29, 0.717) is 0 Å². The van der Waals surface area contributed by atoms with Gasteiger partial charge in [0.1, 0.15) is 28.4 Å². The summed E-state index contributed by atoms with van der Waals surface area (Å²) in [6.07, 6.45) is 0. The van der Waals surface area contributed by atoms with E-state index < -0.39 is 8.07 Å². The van der Waals surface area contributed by atoms with Gasteiger partial charge in [0.15, 0.2) is 13.8 Å². The molecule has 0 unspecified atom stereocenters. The molecule has 10 aromatic rings. The summed E-state index contributed by atoms with van der Waals surface area (Å²) in [4.78, 5) is 2.36. The molecule has 278 valence electrons. The Kier molecular flexibility index (Phi) is 7.52. The maximum atomic E-state index is 7.24. The molecule has 5 heteroatoms. The minimum absolute atomic E-state index is 0.831. The van der Waals surface area contributed by atoms with Gasteiger partial charge in [0, 0.05) is 11.1 Å². The first-order valence-electron chi connectivity index (χ1n) is 20.0. The monoisotopic (exact) mass is 773 g/mol. The van der Waals surface area contributed by atoms with Crippen LogP contribution in [0.3, 0.4) is 0 Å². The van der Waals surface area contributed by atoms with Gasteiger partial charge in [0.25, 0.3) is 0 Å². The number of hydrogen-bond donors (Lipinski definition) is 0. The Bertz CT molecular complexity index is 3160. The molecule has 4 nitrogen and oxygen atoms in total. The summed E-state index contributed by atoms with van der Waals surface area (Å²) < 4.78 is 20.4. The number of furan rings is 1. The summed E-state index contributed by atoms with van der Waals surface area (Å²) in [7, 11) is -2.99. The van der Waals surface area contributed by atoms with Crippen molar-refractivity contribution in [2.45, 2.75) is 0 Å². The fourth-order valence-corrected chi connectivity index (χ4v) is 14.6. The van der Waals surface area contributed by atoms with Crippen LogP contribution in [0.5, 0.6) is 23.0 Å². The molecule has 3 heterocycles. The lowest BCUT2D eigenvalue weighted by molar-refractivity contribution is 0.482. The van der Waals surface area contributed by atoms with E-state index in [1.807, 2.05) is 12.1 Å². The third-order valence-corrected chi connectivity index (χ3v) is 16.9. The molecule has 12 rings (SSSR count). The van der Waals surface area contributed by atoms with Gasteiger partial charge in [-0.05, 0) is 97.6 Å². The minimum Gasteiger partial charge on any atom is -0.458 e. The van der Waals surface area contributed by atoms with Crippen LogP contribution < -0.4 is 35.1 Å². The second-order valence-corrected chi connectivity index (χ2v) is 18.8. The van der Waals surface area contributed by atoms with Gasteiger partial charge in [-0.3, -0.25) is 0 Å². The van der Waals surface area contributed by atoms with Crippen molar-refractivity contribution in [1.82, 2.24) is 0 Å². The predicted octanol–water partition coefficient (Wildman–Crippen LogP) is 12.0. The van der Waals surface area contributed by atoms with Gasteiger partial charge in [0.05, 0.1) is 16.8 Å². The molecule has 1 spiro atoms. The third-order valence-electron chi connectivity index (χ3n) is 12.0. The standard InChI is InChI=1S/C54H35NO3Si/c1-2-14-36(15-3-1)37-28-30-38(31-29-37)39-32-34-40(35-33-39)55(42-17-12-23-48-53(42)41-16-4-5-19-44(41)56-48)43-18-13-27-52-54(43)58-47-22-8-11-26-51(47)59(52)49-24-9-6-20-45(49)57-46-21-7-10-25-50(46)59/h1-35H. The lowest BCUT2D eigenvalue weighted by atomic mass is 10.00. The molecule has 0 aliphatic carbocycles. The van der Waals surface area contributed by atoms with Gasteiger partial charge in [-0.2, -0.15) is 0 Å². The highest BCUT2D eigenvalue weighted by Crippen LogP contribution is 2.48. The Morgan fingerprint density at radius 3 is 1.47 bits per heavy atom. The molecule has 2 aliphatic heterocycles. The van der Waals surface area contributed by atoms with Gasteiger partial charge >= 0.3 is 0 Å². The number of rotatable bonds is 5. The summed E-state index contributed by atoms with van der Waals surface area (Å²) in [6, 6.07) is 75.3. The van der Waals surface area contributed by atoms with Gasteiger partial charge < -0.3 is 18.8 Å². The van der Waals surface area contributed by atoms with Crippen molar-refractivity contribution in [2.24, 2.45) is 0 Å². The van der Waals surface area contributed by atoms with Gasteiger partial charge in [-0.15, -0.1) is 0 Å². The molecular formula is C54H35NO3Si. The van der Waals surface area contributed by atoms with E-state index in [-0.39, 0.29) is 0 Å². The average molecular weight is 774 g/mol. The fraction of sp³-hybridized carbons (Fsp3) is 0. The van der Waals surface area contributed by atoms with Crippen LogP contribution in [0.1, 0.15) is 0 Å². The summed E-state index contributed by atoms with van der Waals surface area (Å²) in [5, 5.41) is 6.93. The maximum absolute atomic E-state index is 7.24. The molecule has 59 heavy (non-hydrogen) atoms. The lowest BCUT2D eigenvalue weighted by Crippen LogP contribution is -2.77. The van der Waals surface area contributed by atoms with Crippen molar-refractivity contribution in [3.63, 3.8) is 0 Å². The van der Waals surface area contributed by atoms with Crippen molar-refractivity contribution >= 4 is 67.8 Å². The highest BCUT2D eigenvalue weighted by atomic mass is 28.3. The molecule has 0 radical (unpaired) electrons. The Morgan fingerprint density at radius 2 is 0.814 bits per heavy atom. The lowest BCUT2D eigenvalue weighted by Gasteiger charge is -2.44. The molecule has 2 aliphatic rings. The molecule has 0 fully saturated rings. The zero-order valence-corrected chi connectivity index (χ0v) is 32.9. The highest BCUT2D eigenvalue weighted by molar-refractivity contribution is 7.21. The number of para-hydroxylation sites is 5. The van der Waals surface area contributed by atoms with Crippen LogP contribution in [0.25, 0.3) is 44.2 Å². The number of benzene rings is 9. The number of nitrogens with zero attached hydrogens (tertiary/aromatic N) is 1. The quantitative estimate of drug-likeness (QED) is 0.163. The van der Waals surface area contributed by atoms with Crippen molar-refractivity contribution in [2.75, 3.05) is 4.90 Å². The Balaban J connectivity index is 1.10. The van der Waals surface area contributed by atoms with Gasteiger partial charge in [-0.25, -0.2) is 0 Å². The van der Waals surface area contributed by atoms with Crippen LogP contribution >= 0.6 is 0 Å². The first-order chi connectivity index (χ1) is 29.3. The van der Waals surface area contributed by atoms with Crippen LogP contribution in [0, 0.1) is 0 Å². The number of fused-ring (bicyclic) bond motifs is 11. The molecule has 1 aromatic heterocycles. The van der Waals surface area contributed by atoms with Crippen LogP contribution in [0.4, 0.5) is 17.1 Å². The zero-order valence-electron chi connectivity index (χ0n) is 31.9. The molecule has 9 aromatic carbocycles. The number of ether oxygens (including phenoxy) is 2. The molecule has 0 N–H and O–H groups in total. The van der Waals surface area contributed by atoms with Crippen molar-refractivity contribution in [1.29, 1.82) is 0 Å². The molecule has 0 saturated heterocycles. The molecule has 0 saturated carbocycles. The van der Waals surface area contributed by atoms with E-state index in [9.17, 15) is 0 Å². The Morgan fingerprint density at radius 1 is 0.339 bits per heavy atom. The van der Waals surface area contributed by atoms with Gasteiger partial charge in [0.2, 0.25) is 0 Å². The van der Waals surface area contributed by atoms with E-state index in [1.165, 1.54) is 31.9 Å². The normalized spacial score (nSPS) is 13.2. The van der Waals surface area contributed by atoms with Crippen molar-refractivity contribution in [3.8, 4) is 45.3 Å². The van der Waals surface area contributed by atoms with E-state index in [4.69, 9.17) is 13.9 Å². The predicted molar refractivity (Wildman–Crippen MR) is 243 cm³/mol. The van der Waals surface area contributed by atoms with E-state index in [1.54, 1.807) is 0 Å². The smallest absolute Gasteiger partial charge is 0.196 e. The molecule has 0 amide bonds. The van der Waals surface area contributed by atoms with Crippen LogP contribution in [0.15, 0.2) is 217 Å². The second-order valence-electron chi connectivity index (χ2n) is 15.2. The van der Waals surface area contributed by atoms with Crippen molar-refractivity contribution in [3.05, 3.63) is 212 Å². The largest absolute Gasteiger partial charge is 0.458 e. The first kappa shape index (κ1) is 33.5. The van der Waals surface area contributed by atoms with Gasteiger partial charge in [-0.1, -0.05) is 158 Å². The summed E-state index contributed by atoms with van der Waals surface area (Å²) in [6.45, 7) is 0. The Labute approximate surface area is 342 Å². The van der Waals surface area contributed by atoms with E-state index >= 15 is 0 Å². The SMILES string of the molecule is c1ccc(-c2ccc(-c3ccc(N(c4cccc5c4Oc4ccccc4[Si]54c5ccccc5Oc5ccccc54)c4cccc5oc6ccccc6c45)cc3)cc2)cc1. The first-order valence-corrected chi connectivity index (χ1v) is 22.0. The summed E-state index contributed by atoms with van der Waals surface area (Å²) in [5.74, 6) is 3.50. The summed E-state index contributed by atoms with van der Waals surface area (Å²) >= 11 is 0. The third kappa shape index (κ3) is 5.08. The van der Waals surface area contributed by atoms with Crippen molar-refractivity contribution < 1.29 is 13.9 Å². The molecule has 0 bridgehead atoms. The van der Waals surface area contributed by atoms with Crippen LogP contribution in [-0.2, 0) is 0 Å². The topological polar surface area (TPSA) is 34.8 Å². The minimum atomic E-state index is -2.99. The zero-order chi connectivity index (χ0) is 38.9. The average Bonchev–Trinajstić information content (AvgIpc) is 3.69. The molecular weight excluding hydrogens is 739 g/mol. The van der Waals surface area contributed by atoms with Crippen LogP contribution in [-0.4, -0.2) is 8.07 Å². The second kappa shape index (κ2) is 13.2. The Hall–Kier alpha value is -7.60. The maximum Gasteiger partial charge on any atom is 0.196 e. The van der Waals surface area contributed by atoms with Crippen LogP contribution in [0.2, 0.25) is 0 Å². The number of anilines is 3.